The lowest BCUT2D eigenvalue weighted by atomic mass is 10.1. The van der Waals surface area contributed by atoms with Crippen LogP contribution >= 0.6 is 23.2 Å². The molecule has 8 heteroatoms. The number of hydrogen-bond acceptors (Lipinski definition) is 5. The topological polar surface area (TPSA) is 68.7 Å². The molecule has 0 bridgehead atoms. The van der Waals surface area contributed by atoms with Gasteiger partial charge in [0.1, 0.15) is 10.3 Å². The first-order chi connectivity index (χ1) is 10.0. The summed E-state index contributed by atoms with van der Waals surface area (Å²) in [6.45, 7) is 1.08. The van der Waals surface area contributed by atoms with Gasteiger partial charge in [-0.15, -0.1) is 0 Å². The molecule has 0 N–H and O–H groups in total. The maximum absolute atomic E-state index is 12.4. The summed E-state index contributed by atoms with van der Waals surface area (Å²) in [5.74, 6) is -0.636. The van der Waals surface area contributed by atoms with Crippen molar-refractivity contribution in [2.75, 3.05) is 26.8 Å². The quantitative estimate of drug-likeness (QED) is 0.623. The number of halogens is 2. The molecule has 2 heterocycles. The number of pyridine rings is 1. The zero-order valence-electron chi connectivity index (χ0n) is 11.3. The van der Waals surface area contributed by atoms with Crippen molar-refractivity contribution in [3.05, 3.63) is 28.0 Å². The van der Waals surface area contributed by atoms with E-state index in [4.69, 9.17) is 27.9 Å². The molecule has 1 saturated heterocycles. The van der Waals surface area contributed by atoms with Crippen molar-refractivity contribution in [1.82, 2.24) is 9.88 Å². The van der Waals surface area contributed by atoms with Gasteiger partial charge in [-0.05, 0) is 12.1 Å². The maximum atomic E-state index is 12.4. The van der Waals surface area contributed by atoms with Crippen LogP contribution in [-0.4, -0.2) is 54.7 Å². The Labute approximate surface area is 131 Å². The summed E-state index contributed by atoms with van der Waals surface area (Å²) < 4.78 is 10.0. The van der Waals surface area contributed by atoms with Crippen LogP contribution in [0.25, 0.3) is 0 Å². The standard InChI is InChI=1S/C13H14Cl2N2O4/c1-20-11(18)6-8-7-17(4-5-21-8)13(19)9-2-3-10(14)16-12(9)15/h2-3,8H,4-7H2,1H3. The van der Waals surface area contributed by atoms with Crippen LogP contribution in [0.1, 0.15) is 16.8 Å². The van der Waals surface area contributed by atoms with Crippen molar-refractivity contribution in [3.8, 4) is 0 Å². The number of rotatable bonds is 3. The summed E-state index contributed by atoms with van der Waals surface area (Å²) in [5.41, 5.74) is 0.278. The van der Waals surface area contributed by atoms with Crippen molar-refractivity contribution in [3.63, 3.8) is 0 Å². The molecule has 0 saturated carbocycles. The second kappa shape index (κ2) is 7.06. The van der Waals surface area contributed by atoms with Crippen LogP contribution in [0, 0.1) is 0 Å². The van der Waals surface area contributed by atoms with Gasteiger partial charge >= 0.3 is 5.97 Å². The number of carbonyl (C=O) groups is 2. The van der Waals surface area contributed by atoms with E-state index >= 15 is 0 Å². The van der Waals surface area contributed by atoms with E-state index < -0.39 is 0 Å². The minimum Gasteiger partial charge on any atom is -0.469 e. The van der Waals surface area contributed by atoms with E-state index in [1.54, 1.807) is 4.90 Å². The van der Waals surface area contributed by atoms with Crippen LogP contribution < -0.4 is 0 Å². The highest BCUT2D eigenvalue weighted by atomic mass is 35.5. The molecule has 1 atom stereocenters. The molecule has 0 spiro atoms. The summed E-state index contributed by atoms with van der Waals surface area (Å²) in [6.07, 6.45) is -0.276. The lowest BCUT2D eigenvalue weighted by Crippen LogP contribution is -2.46. The smallest absolute Gasteiger partial charge is 0.308 e. The van der Waals surface area contributed by atoms with E-state index in [0.717, 1.165) is 0 Å². The second-order valence-electron chi connectivity index (χ2n) is 4.50. The molecule has 1 amide bonds. The average molecular weight is 333 g/mol. The molecule has 1 aromatic rings. The molecule has 21 heavy (non-hydrogen) atoms. The van der Waals surface area contributed by atoms with Crippen LogP contribution in [0.15, 0.2) is 12.1 Å². The number of carbonyl (C=O) groups excluding carboxylic acids is 2. The molecule has 1 aromatic heterocycles. The Morgan fingerprint density at radius 3 is 2.90 bits per heavy atom. The number of ether oxygens (including phenoxy) is 2. The zero-order chi connectivity index (χ0) is 15.4. The summed E-state index contributed by atoms with van der Waals surface area (Å²) in [4.78, 5) is 29.1. The highest BCUT2D eigenvalue weighted by molar-refractivity contribution is 6.34. The Kier molecular flexibility index (Phi) is 5.39. The molecular formula is C13H14Cl2N2O4. The SMILES string of the molecule is COC(=O)CC1CN(C(=O)c2ccc(Cl)nc2Cl)CCO1. The Bertz CT molecular complexity index is 553. The zero-order valence-corrected chi connectivity index (χ0v) is 12.9. The van der Waals surface area contributed by atoms with Gasteiger partial charge in [-0.25, -0.2) is 4.98 Å². The van der Waals surface area contributed by atoms with Gasteiger partial charge in [0.2, 0.25) is 0 Å². The lowest BCUT2D eigenvalue weighted by molar-refractivity contribution is -0.145. The first-order valence-electron chi connectivity index (χ1n) is 6.31. The van der Waals surface area contributed by atoms with E-state index in [2.05, 4.69) is 9.72 Å². The summed E-state index contributed by atoms with van der Waals surface area (Å²) in [6, 6.07) is 3.04. The van der Waals surface area contributed by atoms with E-state index in [1.165, 1.54) is 19.2 Å². The van der Waals surface area contributed by atoms with Gasteiger partial charge in [0.15, 0.2) is 0 Å². The second-order valence-corrected chi connectivity index (χ2v) is 5.24. The molecular weight excluding hydrogens is 319 g/mol. The number of esters is 1. The summed E-state index contributed by atoms with van der Waals surface area (Å²) >= 11 is 11.7. The highest BCUT2D eigenvalue weighted by Crippen LogP contribution is 2.20. The van der Waals surface area contributed by atoms with E-state index in [1.807, 2.05) is 0 Å². The number of amides is 1. The average Bonchev–Trinajstić information content (AvgIpc) is 2.47. The van der Waals surface area contributed by atoms with Crippen LogP contribution in [0.2, 0.25) is 10.3 Å². The van der Waals surface area contributed by atoms with Gasteiger partial charge in [-0.2, -0.15) is 0 Å². The van der Waals surface area contributed by atoms with Gasteiger partial charge < -0.3 is 14.4 Å². The Balaban J connectivity index is 2.06. The third-order valence-corrected chi connectivity index (χ3v) is 3.59. The van der Waals surface area contributed by atoms with Crippen LogP contribution in [0.4, 0.5) is 0 Å². The van der Waals surface area contributed by atoms with Crippen LogP contribution in [0.3, 0.4) is 0 Å². The molecule has 1 aliphatic rings. The predicted molar refractivity (Wildman–Crippen MR) is 76.5 cm³/mol. The molecule has 0 aromatic carbocycles. The first-order valence-corrected chi connectivity index (χ1v) is 7.06. The Morgan fingerprint density at radius 2 is 2.24 bits per heavy atom. The fourth-order valence-electron chi connectivity index (χ4n) is 2.04. The molecule has 114 valence electrons. The molecule has 1 fully saturated rings. The monoisotopic (exact) mass is 332 g/mol. The van der Waals surface area contributed by atoms with E-state index in [0.29, 0.717) is 19.7 Å². The van der Waals surface area contributed by atoms with E-state index in [9.17, 15) is 9.59 Å². The fourth-order valence-corrected chi connectivity index (χ4v) is 2.46. The Morgan fingerprint density at radius 1 is 1.48 bits per heavy atom. The van der Waals surface area contributed by atoms with Crippen LogP contribution in [0.5, 0.6) is 0 Å². The highest BCUT2D eigenvalue weighted by Gasteiger charge is 2.28. The third-order valence-electron chi connectivity index (χ3n) is 3.09. The Hall–Kier alpha value is -1.37. The normalized spacial score (nSPS) is 18.4. The largest absolute Gasteiger partial charge is 0.469 e. The van der Waals surface area contributed by atoms with E-state index in [-0.39, 0.29) is 40.3 Å². The maximum Gasteiger partial charge on any atom is 0.308 e. The van der Waals surface area contributed by atoms with Gasteiger partial charge in [0, 0.05) is 13.1 Å². The molecule has 1 aliphatic heterocycles. The number of morpholine rings is 1. The summed E-state index contributed by atoms with van der Waals surface area (Å²) in [5, 5.41) is 0.283. The number of aromatic nitrogens is 1. The fraction of sp³-hybridized carbons (Fsp3) is 0.462. The predicted octanol–water partition coefficient (Wildman–Crippen LogP) is 1.79. The van der Waals surface area contributed by atoms with Crippen molar-refractivity contribution in [2.24, 2.45) is 0 Å². The number of nitrogens with zero attached hydrogens (tertiary/aromatic N) is 2. The minimum atomic E-state index is -0.380. The van der Waals surface area contributed by atoms with Crippen molar-refractivity contribution < 1.29 is 19.1 Å². The first kappa shape index (κ1) is 16.0. The van der Waals surface area contributed by atoms with Crippen molar-refractivity contribution in [1.29, 1.82) is 0 Å². The van der Waals surface area contributed by atoms with Gasteiger partial charge in [0.25, 0.3) is 5.91 Å². The molecule has 6 nitrogen and oxygen atoms in total. The number of methoxy groups -OCH3 is 1. The molecule has 0 radical (unpaired) electrons. The van der Waals surface area contributed by atoms with Gasteiger partial charge in [0.05, 0.1) is 31.8 Å². The number of hydrogen-bond donors (Lipinski definition) is 0. The molecule has 0 aliphatic carbocycles. The molecule has 2 rings (SSSR count). The van der Waals surface area contributed by atoms with Gasteiger partial charge in [-0.3, -0.25) is 9.59 Å². The van der Waals surface area contributed by atoms with Crippen molar-refractivity contribution in [2.45, 2.75) is 12.5 Å². The summed E-state index contributed by atoms with van der Waals surface area (Å²) in [7, 11) is 1.31. The minimum absolute atomic E-state index is 0.0588. The lowest BCUT2D eigenvalue weighted by Gasteiger charge is -2.32. The third kappa shape index (κ3) is 4.06. The van der Waals surface area contributed by atoms with Crippen molar-refractivity contribution >= 4 is 35.1 Å². The molecule has 1 unspecified atom stereocenters. The van der Waals surface area contributed by atoms with Crippen LogP contribution in [-0.2, 0) is 14.3 Å². The van der Waals surface area contributed by atoms with Gasteiger partial charge in [-0.1, -0.05) is 23.2 Å².